The highest BCUT2D eigenvalue weighted by atomic mass is 19.1. The van der Waals surface area contributed by atoms with E-state index in [1.54, 1.807) is 0 Å². The zero-order chi connectivity index (χ0) is 16.4. The van der Waals surface area contributed by atoms with Gasteiger partial charge in [0, 0.05) is 0 Å². The van der Waals surface area contributed by atoms with E-state index in [2.05, 4.69) is 5.32 Å². The molecule has 1 N–H and O–H groups in total. The van der Waals surface area contributed by atoms with E-state index >= 15 is 0 Å². The summed E-state index contributed by atoms with van der Waals surface area (Å²) >= 11 is 0. The fourth-order valence-corrected chi connectivity index (χ4v) is 2.21. The van der Waals surface area contributed by atoms with E-state index in [1.165, 1.54) is 54.6 Å². The fraction of sp³-hybridized carbons (Fsp3) is 0.0588. The van der Waals surface area contributed by atoms with Crippen LogP contribution in [0.5, 0.6) is 0 Å². The number of nitrogens with one attached hydrogen (secondary N) is 1. The molecule has 3 rings (SSSR count). The van der Waals surface area contributed by atoms with E-state index in [-0.39, 0.29) is 23.9 Å². The zero-order valence-corrected chi connectivity index (χ0v) is 11.9. The van der Waals surface area contributed by atoms with Gasteiger partial charge in [-0.3, -0.25) is 9.69 Å². The third-order valence-electron chi connectivity index (χ3n) is 3.40. The molecule has 3 amide bonds. The van der Waals surface area contributed by atoms with Crippen LogP contribution in [0.25, 0.3) is 6.08 Å². The molecule has 0 radical (unpaired) electrons. The monoisotopic (exact) mass is 314 g/mol. The molecule has 0 unspecified atom stereocenters. The number of amides is 3. The van der Waals surface area contributed by atoms with Gasteiger partial charge in [-0.05, 0) is 41.5 Å². The molecule has 1 heterocycles. The Hall–Kier alpha value is -3.02. The summed E-state index contributed by atoms with van der Waals surface area (Å²) in [5.74, 6) is -1.25. The summed E-state index contributed by atoms with van der Waals surface area (Å²) in [6, 6.07) is 10.6. The Balaban J connectivity index is 1.79. The number of rotatable bonds is 3. The van der Waals surface area contributed by atoms with Crippen molar-refractivity contribution in [3.8, 4) is 0 Å². The molecule has 1 aliphatic rings. The second kappa shape index (κ2) is 6.00. The Kier molecular flexibility index (Phi) is 3.89. The van der Waals surface area contributed by atoms with E-state index in [0.29, 0.717) is 11.1 Å². The van der Waals surface area contributed by atoms with Crippen molar-refractivity contribution >= 4 is 18.0 Å². The smallest absolute Gasteiger partial charge is 0.303 e. The first kappa shape index (κ1) is 14.9. The lowest BCUT2D eigenvalue weighted by Gasteiger charge is -2.11. The maximum Gasteiger partial charge on any atom is 0.329 e. The van der Waals surface area contributed by atoms with E-state index < -0.39 is 11.9 Å². The molecule has 0 aromatic heterocycles. The minimum atomic E-state index is -0.548. The van der Waals surface area contributed by atoms with Crippen molar-refractivity contribution < 1.29 is 18.4 Å². The van der Waals surface area contributed by atoms with Gasteiger partial charge in [-0.25, -0.2) is 13.6 Å². The van der Waals surface area contributed by atoms with Gasteiger partial charge in [0.25, 0.3) is 5.91 Å². The standard InChI is InChI=1S/C17H12F2N2O2/c18-13-5-1-11(2-6-13)9-15-16(22)21(17(23)20-15)10-12-3-7-14(19)8-4-12/h1-9H,10H2,(H,20,23)/b15-9+. The fourth-order valence-electron chi connectivity index (χ4n) is 2.21. The maximum atomic E-state index is 12.9. The molecule has 1 aliphatic heterocycles. The van der Waals surface area contributed by atoms with Crippen LogP contribution >= 0.6 is 0 Å². The van der Waals surface area contributed by atoms with Crippen LogP contribution in [0.4, 0.5) is 13.6 Å². The molecule has 0 saturated carbocycles. The molecule has 2 aromatic rings. The average molecular weight is 314 g/mol. The summed E-state index contributed by atoms with van der Waals surface area (Å²) < 4.78 is 25.8. The van der Waals surface area contributed by atoms with Crippen LogP contribution in [0.15, 0.2) is 54.2 Å². The van der Waals surface area contributed by atoms with E-state index in [0.717, 1.165) is 4.90 Å². The van der Waals surface area contributed by atoms with Crippen molar-refractivity contribution in [3.05, 3.63) is 77.0 Å². The number of carbonyl (C=O) groups excluding carboxylic acids is 2. The largest absolute Gasteiger partial charge is 0.329 e. The topological polar surface area (TPSA) is 49.4 Å². The van der Waals surface area contributed by atoms with Crippen LogP contribution in [0.1, 0.15) is 11.1 Å². The van der Waals surface area contributed by atoms with Crippen LogP contribution in [0.2, 0.25) is 0 Å². The van der Waals surface area contributed by atoms with Crippen LogP contribution < -0.4 is 5.32 Å². The van der Waals surface area contributed by atoms with E-state index in [1.807, 2.05) is 0 Å². The highest BCUT2D eigenvalue weighted by Gasteiger charge is 2.33. The minimum Gasteiger partial charge on any atom is -0.303 e. The highest BCUT2D eigenvalue weighted by Crippen LogP contribution is 2.17. The zero-order valence-electron chi connectivity index (χ0n) is 11.9. The van der Waals surface area contributed by atoms with Crippen molar-refractivity contribution in [3.63, 3.8) is 0 Å². The molecular formula is C17H12F2N2O2. The highest BCUT2D eigenvalue weighted by molar-refractivity contribution is 6.13. The van der Waals surface area contributed by atoms with Gasteiger partial charge >= 0.3 is 6.03 Å². The summed E-state index contributed by atoms with van der Waals surface area (Å²) in [5.41, 5.74) is 1.35. The van der Waals surface area contributed by atoms with Gasteiger partial charge in [-0.1, -0.05) is 24.3 Å². The van der Waals surface area contributed by atoms with Crippen LogP contribution in [-0.4, -0.2) is 16.8 Å². The van der Waals surface area contributed by atoms with Gasteiger partial charge in [-0.15, -0.1) is 0 Å². The van der Waals surface area contributed by atoms with Gasteiger partial charge in [0.2, 0.25) is 0 Å². The Morgan fingerprint density at radius 3 is 2.09 bits per heavy atom. The molecule has 23 heavy (non-hydrogen) atoms. The number of imide groups is 1. The van der Waals surface area contributed by atoms with Crippen LogP contribution in [0, 0.1) is 11.6 Å². The van der Waals surface area contributed by atoms with Crippen LogP contribution in [0.3, 0.4) is 0 Å². The lowest BCUT2D eigenvalue weighted by atomic mass is 10.2. The number of hydrogen-bond donors (Lipinski definition) is 1. The average Bonchev–Trinajstić information content (AvgIpc) is 2.79. The number of nitrogens with zero attached hydrogens (tertiary/aromatic N) is 1. The summed E-state index contributed by atoms with van der Waals surface area (Å²) in [5, 5.41) is 2.48. The summed E-state index contributed by atoms with van der Waals surface area (Å²) in [6.45, 7) is 0.0473. The second-order valence-corrected chi connectivity index (χ2v) is 5.06. The quantitative estimate of drug-likeness (QED) is 0.699. The van der Waals surface area contributed by atoms with E-state index in [4.69, 9.17) is 0 Å². The first-order valence-electron chi connectivity index (χ1n) is 6.87. The molecule has 0 bridgehead atoms. The number of hydrogen-bond acceptors (Lipinski definition) is 2. The molecule has 0 aliphatic carbocycles. The third kappa shape index (κ3) is 3.26. The Morgan fingerprint density at radius 2 is 1.48 bits per heavy atom. The lowest BCUT2D eigenvalue weighted by Crippen LogP contribution is -2.30. The number of carbonyl (C=O) groups is 2. The number of urea groups is 1. The molecule has 2 aromatic carbocycles. The molecular weight excluding hydrogens is 302 g/mol. The van der Waals surface area contributed by atoms with Crippen molar-refractivity contribution in [2.24, 2.45) is 0 Å². The Labute approximate surface area is 131 Å². The molecule has 6 heteroatoms. The second-order valence-electron chi connectivity index (χ2n) is 5.06. The third-order valence-corrected chi connectivity index (χ3v) is 3.40. The van der Waals surface area contributed by atoms with E-state index in [9.17, 15) is 18.4 Å². The predicted molar refractivity (Wildman–Crippen MR) is 79.9 cm³/mol. The summed E-state index contributed by atoms with van der Waals surface area (Å²) in [7, 11) is 0. The van der Waals surface area contributed by atoms with Gasteiger partial charge in [0.1, 0.15) is 17.3 Å². The lowest BCUT2D eigenvalue weighted by molar-refractivity contribution is -0.123. The molecule has 4 nitrogen and oxygen atoms in total. The molecule has 1 saturated heterocycles. The first-order chi connectivity index (χ1) is 11.0. The van der Waals surface area contributed by atoms with Crippen molar-refractivity contribution in [1.82, 2.24) is 10.2 Å². The molecule has 0 spiro atoms. The maximum absolute atomic E-state index is 12.9. The first-order valence-corrected chi connectivity index (χ1v) is 6.87. The molecule has 0 atom stereocenters. The van der Waals surface area contributed by atoms with Gasteiger partial charge in [-0.2, -0.15) is 0 Å². The van der Waals surface area contributed by atoms with Crippen molar-refractivity contribution in [2.75, 3.05) is 0 Å². The number of halogens is 2. The predicted octanol–water partition coefficient (Wildman–Crippen LogP) is 3.06. The van der Waals surface area contributed by atoms with Crippen molar-refractivity contribution in [2.45, 2.75) is 6.54 Å². The minimum absolute atomic E-state index is 0.0473. The van der Waals surface area contributed by atoms with Crippen LogP contribution in [-0.2, 0) is 11.3 Å². The van der Waals surface area contributed by atoms with Gasteiger partial charge < -0.3 is 5.32 Å². The summed E-state index contributed by atoms with van der Waals surface area (Å²) in [4.78, 5) is 25.2. The normalized spacial score (nSPS) is 16.1. The van der Waals surface area contributed by atoms with Gasteiger partial charge in [0.05, 0.1) is 6.54 Å². The van der Waals surface area contributed by atoms with Gasteiger partial charge in [0.15, 0.2) is 0 Å². The summed E-state index contributed by atoms with van der Waals surface area (Å²) in [6.07, 6.45) is 1.48. The SMILES string of the molecule is O=C1N/C(=C/c2ccc(F)cc2)C(=O)N1Cc1ccc(F)cc1. The Bertz CT molecular complexity index is 783. The van der Waals surface area contributed by atoms with Crippen molar-refractivity contribution in [1.29, 1.82) is 0 Å². The number of benzene rings is 2. The Morgan fingerprint density at radius 1 is 0.913 bits per heavy atom. The molecule has 1 fully saturated rings. The molecule has 116 valence electrons.